The highest BCUT2D eigenvalue weighted by atomic mass is 31.3. The number of aliphatic hydroxyl groups is 4. The highest BCUT2D eigenvalue weighted by Gasteiger charge is 2.50. The van der Waals surface area contributed by atoms with E-state index >= 15 is 0 Å². The fourth-order valence-corrected chi connectivity index (χ4v) is 6.67. The summed E-state index contributed by atoms with van der Waals surface area (Å²) in [6.45, 7) is -1.80. The molecule has 10 N–H and O–H groups in total. The van der Waals surface area contributed by atoms with E-state index in [0.29, 0.717) is 0 Å². The third-order valence-corrected chi connectivity index (χ3v) is 9.35. The van der Waals surface area contributed by atoms with Crippen LogP contribution in [0.15, 0.2) is 37.2 Å². The second kappa shape index (κ2) is 12.4. The molecule has 5 rings (SSSR count). The Morgan fingerprint density at radius 3 is 2.27 bits per heavy atom. The Hall–Kier alpha value is -3.01. The summed E-state index contributed by atoms with van der Waals surface area (Å²) in [7, 11) is -10.7. The van der Waals surface area contributed by atoms with Gasteiger partial charge >= 0.3 is 15.6 Å². The van der Waals surface area contributed by atoms with Crippen LogP contribution in [-0.2, 0) is 32.0 Å². The van der Waals surface area contributed by atoms with Gasteiger partial charge in [-0.1, -0.05) is 0 Å². The predicted octanol–water partition coefficient (Wildman–Crippen LogP) is -3.02. The van der Waals surface area contributed by atoms with Gasteiger partial charge in [-0.15, -0.1) is 0 Å². The molecule has 4 unspecified atom stereocenters. The molecule has 3 aromatic rings. The number of fused-ring (bicyclic) bond motifs is 1. The first kappa shape index (κ1) is 32.4. The van der Waals surface area contributed by atoms with E-state index in [-0.39, 0.29) is 22.5 Å². The summed E-state index contributed by atoms with van der Waals surface area (Å²) in [5, 5.41) is 41.6. The van der Waals surface area contributed by atoms with Crippen molar-refractivity contribution in [1.82, 2.24) is 19.5 Å². The molecule has 23 heteroatoms. The second-order valence-corrected chi connectivity index (χ2v) is 12.7. The number of nitrogens with zero attached hydrogens (tertiary/aromatic N) is 5. The van der Waals surface area contributed by atoms with Crippen LogP contribution in [0, 0.1) is 0 Å². The molecule has 240 valence electrons. The number of carbonyl (C=O) groups is 1. The van der Waals surface area contributed by atoms with E-state index in [0.717, 1.165) is 6.33 Å². The van der Waals surface area contributed by atoms with Crippen molar-refractivity contribution >= 4 is 38.5 Å². The summed E-state index contributed by atoms with van der Waals surface area (Å²) >= 11 is 0. The van der Waals surface area contributed by atoms with Crippen LogP contribution < -0.4 is 16.0 Å². The number of rotatable bonds is 11. The number of anilines is 1. The fraction of sp³-hybridized carbons (Fsp3) is 0.476. The molecule has 0 radical (unpaired) electrons. The first-order chi connectivity index (χ1) is 20.7. The number of phosphoric ester groups is 2. The van der Waals surface area contributed by atoms with Crippen LogP contribution in [-0.4, -0.2) is 105 Å². The highest BCUT2D eigenvalue weighted by Crippen LogP contribution is 2.60. The van der Waals surface area contributed by atoms with Gasteiger partial charge in [0.1, 0.15) is 47.9 Å². The number of carbonyl (C=O) groups excluding carboxylic acids is 1. The number of aliphatic hydroxyl groups excluding tert-OH is 4. The van der Waals surface area contributed by atoms with Crippen LogP contribution >= 0.6 is 15.6 Å². The maximum atomic E-state index is 12.4. The standard InChI is InChI=1S/C21H27N7O14P2/c22-17-12-19(25-7-24-17)28(8-26-12)21-16(32)14(30)11(41-21)6-39-44(36,37)42-43(34,35)38-5-10-13(29)15(31)20(40-10)27-3-1-2-9(4-27)18(23)33/h1-4,7-8,10-11,13-16,20-21,29-32H,5-6H2,(H5-,22,23,24,25,33,34,35,36,37)/p+1/t10-,11+,13+,14?,15?,16-,20-,21+/m0/s1. The lowest BCUT2D eigenvalue weighted by Gasteiger charge is -2.20. The molecule has 0 bridgehead atoms. The van der Waals surface area contributed by atoms with Gasteiger partial charge in [0.15, 0.2) is 36.2 Å². The first-order valence-electron chi connectivity index (χ1n) is 12.6. The Bertz CT molecular complexity index is 1630. The van der Waals surface area contributed by atoms with Gasteiger partial charge in [0.2, 0.25) is 0 Å². The number of imidazole rings is 1. The number of pyridine rings is 1. The largest absolute Gasteiger partial charge is 0.481 e. The van der Waals surface area contributed by atoms with Gasteiger partial charge in [-0.3, -0.25) is 18.4 Å². The topological polar surface area (TPSA) is 318 Å². The van der Waals surface area contributed by atoms with Crippen LogP contribution in [0.25, 0.3) is 11.2 Å². The minimum Gasteiger partial charge on any atom is -0.387 e. The van der Waals surface area contributed by atoms with Crippen molar-refractivity contribution in [3.63, 3.8) is 0 Å². The minimum atomic E-state index is -5.37. The number of phosphoric acid groups is 2. The highest BCUT2D eigenvalue weighted by molar-refractivity contribution is 7.61. The van der Waals surface area contributed by atoms with Gasteiger partial charge in [0.05, 0.1) is 19.5 Å². The summed E-state index contributed by atoms with van der Waals surface area (Å²) in [5.74, 6) is -0.714. The lowest BCUT2D eigenvalue weighted by atomic mass is 10.1. The number of ether oxygens (including phenoxy) is 2. The Morgan fingerprint density at radius 1 is 0.977 bits per heavy atom. The molecule has 2 fully saturated rings. The molecule has 0 aliphatic carbocycles. The van der Waals surface area contributed by atoms with Crippen molar-refractivity contribution in [2.75, 3.05) is 18.9 Å². The molecule has 2 aliphatic heterocycles. The van der Waals surface area contributed by atoms with E-state index in [1.165, 1.54) is 40.0 Å². The van der Waals surface area contributed by atoms with Crippen molar-refractivity contribution in [2.45, 2.75) is 49.1 Å². The third kappa shape index (κ3) is 6.65. The normalized spacial score (nSPS) is 31.6. The van der Waals surface area contributed by atoms with Gasteiger partial charge < -0.3 is 51.2 Å². The average Bonchev–Trinajstić information content (AvgIpc) is 3.61. The Kier molecular flexibility index (Phi) is 9.13. The van der Waals surface area contributed by atoms with Gasteiger partial charge in [0.25, 0.3) is 12.1 Å². The summed E-state index contributed by atoms with van der Waals surface area (Å²) in [6, 6.07) is 2.83. The van der Waals surface area contributed by atoms with E-state index in [9.17, 15) is 44.1 Å². The maximum absolute atomic E-state index is 12.4. The maximum Gasteiger partial charge on any atom is 0.481 e. The molecule has 5 heterocycles. The molecule has 21 nitrogen and oxygen atoms in total. The number of aromatic nitrogens is 5. The summed E-state index contributed by atoms with van der Waals surface area (Å²) in [6.07, 6.45) is -6.85. The fourth-order valence-electron chi connectivity index (χ4n) is 4.58. The van der Waals surface area contributed by atoms with Crippen LogP contribution in [0.4, 0.5) is 5.82 Å². The monoisotopic (exact) mass is 664 g/mol. The number of hydrogen-bond donors (Lipinski definition) is 8. The van der Waals surface area contributed by atoms with Crippen molar-refractivity contribution in [3.05, 3.63) is 42.7 Å². The van der Waals surface area contributed by atoms with Crippen LogP contribution in [0.1, 0.15) is 22.8 Å². The Labute approximate surface area is 246 Å². The van der Waals surface area contributed by atoms with Gasteiger partial charge in [-0.2, -0.15) is 8.88 Å². The molecule has 2 saturated heterocycles. The molecular weight excluding hydrogens is 636 g/mol. The molecular formula is C21H28N7O14P2+. The zero-order chi connectivity index (χ0) is 32.0. The van der Waals surface area contributed by atoms with E-state index in [1.54, 1.807) is 0 Å². The average molecular weight is 664 g/mol. The van der Waals surface area contributed by atoms with Crippen molar-refractivity contribution in [3.8, 4) is 0 Å². The molecule has 2 aliphatic rings. The molecule has 1 amide bonds. The van der Waals surface area contributed by atoms with E-state index in [2.05, 4.69) is 23.8 Å². The lowest BCUT2D eigenvalue weighted by Crippen LogP contribution is -2.46. The lowest BCUT2D eigenvalue weighted by molar-refractivity contribution is -0.765. The molecule has 3 aromatic heterocycles. The molecule has 44 heavy (non-hydrogen) atoms. The third-order valence-electron chi connectivity index (χ3n) is 6.75. The van der Waals surface area contributed by atoms with Gasteiger partial charge in [-0.25, -0.2) is 24.1 Å². The Balaban J connectivity index is 1.16. The van der Waals surface area contributed by atoms with Crippen LogP contribution in [0.2, 0.25) is 0 Å². The summed E-state index contributed by atoms with van der Waals surface area (Å²) < 4.78 is 52.0. The molecule has 0 aromatic carbocycles. The molecule has 0 spiro atoms. The summed E-state index contributed by atoms with van der Waals surface area (Å²) in [4.78, 5) is 43.3. The molecule has 10 atom stereocenters. The smallest absolute Gasteiger partial charge is 0.387 e. The predicted molar refractivity (Wildman–Crippen MR) is 139 cm³/mol. The van der Waals surface area contributed by atoms with E-state index in [4.69, 9.17) is 25.5 Å². The van der Waals surface area contributed by atoms with Gasteiger partial charge in [-0.05, 0) is 6.07 Å². The van der Waals surface area contributed by atoms with Crippen molar-refractivity contribution in [1.29, 1.82) is 0 Å². The second-order valence-electron chi connectivity index (χ2n) is 9.69. The van der Waals surface area contributed by atoms with Crippen molar-refractivity contribution < 1.29 is 71.5 Å². The van der Waals surface area contributed by atoms with E-state index < -0.39 is 83.8 Å². The first-order valence-corrected chi connectivity index (χ1v) is 15.6. The number of nitrogen functional groups attached to an aromatic ring is 1. The summed E-state index contributed by atoms with van der Waals surface area (Å²) in [5.41, 5.74) is 11.4. The van der Waals surface area contributed by atoms with Crippen molar-refractivity contribution in [2.24, 2.45) is 5.73 Å². The minimum absolute atomic E-state index is 0.0505. The zero-order valence-corrected chi connectivity index (χ0v) is 24.0. The van der Waals surface area contributed by atoms with Crippen LogP contribution in [0.3, 0.4) is 0 Å². The Morgan fingerprint density at radius 2 is 1.61 bits per heavy atom. The van der Waals surface area contributed by atoms with Crippen LogP contribution in [0.5, 0.6) is 0 Å². The SMILES string of the molecule is NC(=O)c1ccc[n+]([C@H]2O[C@@H](COP(=O)(O)OP(=O)(O)OC[C@H]3O[C@@H](n4cnc5c(N)ncnc54)[C@@H](O)C3O)[C@@H](O)C2O)c1. The number of hydrogen-bond acceptors (Lipinski definition) is 16. The zero-order valence-electron chi connectivity index (χ0n) is 22.2. The van der Waals surface area contributed by atoms with E-state index in [1.807, 2.05) is 0 Å². The number of amides is 1. The number of nitrogens with two attached hydrogens (primary N) is 2. The molecule has 0 saturated carbocycles. The number of primary amides is 1. The quantitative estimate of drug-likeness (QED) is 0.0747. The van der Waals surface area contributed by atoms with Gasteiger partial charge in [0, 0.05) is 6.07 Å².